The molecular formula is C24H27N3O2. The number of carbonyl (C=O) groups is 1. The van der Waals surface area contributed by atoms with E-state index in [4.69, 9.17) is 4.74 Å². The van der Waals surface area contributed by atoms with E-state index in [2.05, 4.69) is 48.5 Å². The predicted molar refractivity (Wildman–Crippen MR) is 117 cm³/mol. The number of rotatable bonds is 7. The van der Waals surface area contributed by atoms with E-state index >= 15 is 0 Å². The summed E-state index contributed by atoms with van der Waals surface area (Å²) in [5, 5.41) is 6.36. The van der Waals surface area contributed by atoms with E-state index in [0.29, 0.717) is 12.1 Å². The van der Waals surface area contributed by atoms with E-state index < -0.39 is 0 Å². The van der Waals surface area contributed by atoms with Gasteiger partial charge in [-0.1, -0.05) is 29.8 Å². The Bertz CT molecular complexity index is 974. The molecule has 5 heteroatoms. The maximum Gasteiger partial charge on any atom is 0.252 e. The molecule has 0 fully saturated rings. The van der Waals surface area contributed by atoms with E-state index in [0.717, 1.165) is 40.2 Å². The van der Waals surface area contributed by atoms with Crippen LogP contribution in [0, 0.1) is 20.8 Å². The second-order valence-electron chi connectivity index (χ2n) is 7.21. The molecule has 0 aliphatic carbocycles. The highest BCUT2D eigenvalue weighted by Gasteiger charge is 2.09. The third-order valence-electron chi connectivity index (χ3n) is 4.81. The molecule has 0 atom stereocenters. The van der Waals surface area contributed by atoms with Gasteiger partial charge in [-0.05, 0) is 62.1 Å². The Morgan fingerprint density at radius 1 is 1.00 bits per heavy atom. The Morgan fingerprint density at radius 2 is 1.69 bits per heavy atom. The Labute approximate surface area is 172 Å². The molecule has 29 heavy (non-hydrogen) atoms. The fourth-order valence-corrected chi connectivity index (χ4v) is 3.37. The lowest BCUT2D eigenvalue weighted by Gasteiger charge is -2.14. The van der Waals surface area contributed by atoms with Gasteiger partial charge in [-0.3, -0.25) is 9.78 Å². The fourth-order valence-electron chi connectivity index (χ4n) is 3.37. The number of anilines is 2. The van der Waals surface area contributed by atoms with Crippen molar-refractivity contribution in [3.05, 3.63) is 82.7 Å². The van der Waals surface area contributed by atoms with Crippen molar-refractivity contribution >= 4 is 17.3 Å². The number of hydrogen-bond donors (Lipinski definition) is 2. The second kappa shape index (κ2) is 9.24. The zero-order chi connectivity index (χ0) is 20.8. The molecule has 0 saturated carbocycles. The first-order valence-corrected chi connectivity index (χ1v) is 9.67. The van der Waals surface area contributed by atoms with Crippen LogP contribution in [0.4, 0.5) is 11.4 Å². The van der Waals surface area contributed by atoms with Crippen LogP contribution in [0.15, 0.2) is 54.9 Å². The third-order valence-corrected chi connectivity index (χ3v) is 4.81. The maximum absolute atomic E-state index is 12.5. The van der Waals surface area contributed by atoms with Crippen LogP contribution < -0.4 is 15.4 Å². The predicted octanol–water partition coefficient (Wildman–Crippen LogP) is 4.73. The number of aryl methyl sites for hydroxylation is 3. The molecule has 5 nitrogen and oxygen atoms in total. The zero-order valence-corrected chi connectivity index (χ0v) is 17.4. The first-order valence-electron chi connectivity index (χ1n) is 9.67. The van der Waals surface area contributed by atoms with Crippen molar-refractivity contribution in [1.29, 1.82) is 0 Å². The average Bonchev–Trinajstić information content (AvgIpc) is 2.71. The van der Waals surface area contributed by atoms with Gasteiger partial charge >= 0.3 is 0 Å². The molecule has 1 heterocycles. The normalized spacial score (nSPS) is 10.5. The van der Waals surface area contributed by atoms with Crippen LogP contribution in [0.1, 0.15) is 32.6 Å². The highest BCUT2D eigenvalue weighted by molar-refractivity contribution is 5.94. The monoisotopic (exact) mass is 389 g/mol. The molecule has 3 aromatic rings. The average molecular weight is 389 g/mol. The van der Waals surface area contributed by atoms with Gasteiger partial charge in [0.25, 0.3) is 5.91 Å². The van der Waals surface area contributed by atoms with Gasteiger partial charge in [0.1, 0.15) is 5.75 Å². The minimum Gasteiger partial charge on any atom is -0.497 e. The summed E-state index contributed by atoms with van der Waals surface area (Å²) < 4.78 is 5.16. The van der Waals surface area contributed by atoms with Crippen molar-refractivity contribution < 1.29 is 9.53 Å². The lowest BCUT2D eigenvalue weighted by atomic mass is 10.0. The molecule has 0 bridgehead atoms. The third kappa shape index (κ3) is 5.35. The minimum absolute atomic E-state index is 0.132. The maximum atomic E-state index is 12.5. The van der Waals surface area contributed by atoms with E-state index in [1.807, 2.05) is 30.3 Å². The topological polar surface area (TPSA) is 63.2 Å². The summed E-state index contributed by atoms with van der Waals surface area (Å²) in [5.74, 6) is 0.694. The zero-order valence-electron chi connectivity index (χ0n) is 17.4. The van der Waals surface area contributed by atoms with Crippen LogP contribution >= 0.6 is 0 Å². The summed E-state index contributed by atoms with van der Waals surface area (Å²) in [6.45, 7) is 6.79. The van der Waals surface area contributed by atoms with Crippen molar-refractivity contribution in [1.82, 2.24) is 10.3 Å². The molecule has 2 aromatic carbocycles. The summed E-state index contributed by atoms with van der Waals surface area (Å²) in [6.07, 6.45) is 4.07. The summed E-state index contributed by atoms with van der Waals surface area (Å²) >= 11 is 0. The second-order valence-corrected chi connectivity index (χ2v) is 7.21. The standard InChI is InChI=1S/C24H27N3O2/c1-16-11-17(2)23(18(3)12-16)27-21-13-20(14-25-15-21)24(28)26-10-9-19-5-7-22(29-4)8-6-19/h5-8,11-15,27H,9-10H2,1-4H3,(H,26,28). The molecular weight excluding hydrogens is 362 g/mol. The lowest BCUT2D eigenvalue weighted by molar-refractivity contribution is 0.0954. The number of hydrogen-bond acceptors (Lipinski definition) is 4. The molecule has 0 aliphatic heterocycles. The number of nitrogens with zero attached hydrogens (tertiary/aromatic N) is 1. The van der Waals surface area contributed by atoms with Crippen LogP contribution in [-0.4, -0.2) is 24.5 Å². The number of nitrogens with one attached hydrogen (secondary N) is 2. The first kappa shape index (κ1) is 20.4. The van der Waals surface area contributed by atoms with Gasteiger partial charge < -0.3 is 15.4 Å². The van der Waals surface area contributed by atoms with Gasteiger partial charge in [0.2, 0.25) is 0 Å². The van der Waals surface area contributed by atoms with E-state index in [9.17, 15) is 4.79 Å². The van der Waals surface area contributed by atoms with Gasteiger partial charge in [-0.2, -0.15) is 0 Å². The number of aromatic nitrogens is 1. The van der Waals surface area contributed by atoms with Gasteiger partial charge in [0.15, 0.2) is 0 Å². The molecule has 0 saturated heterocycles. The fraction of sp³-hybridized carbons (Fsp3) is 0.250. The number of pyridine rings is 1. The van der Waals surface area contributed by atoms with Gasteiger partial charge in [0.05, 0.1) is 24.6 Å². The first-order chi connectivity index (χ1) is 14.0. The van der Waals surface area contributed by atoms with Crippen LogP contribution in [0.2, 0.25) is 0 Å². The molecule has 1 aromatic heterocycles. The molecule has 0 spiro atoms. The number of ether oxygens (including phenoxy) is 1. The molecule has 3 rings (SSSR count). The van der Waals surface area contributed by atoms with E-state index in [-0.39, 0.29) is 5.91 Å². The van der Waals surface area contributed by atoms with Crippen LogP contribution in [-0.2, 0) is 6.42 Å². The van der Waals surface area contributed by atoms with Crippen molar-refractivity contribution in [2.24, 2.45) is 0 Å². The molecule has 0 radical (unpaired) electrons. The van der Waals surface area contributed by atoms with Crippen molar-refractivity contribution in [2.45, 2.75) is 27.2 Å². The summed E-state index contributed by atoms with van der Waals surface area (Å²) in [4.78, 5) is 16.7. The SMILES string of the molecule is COc1ccc(CCNC(=O)c2cncc(Nc3c(C)cc(C)cc3C)c2)cc1. The summed E-state index contributed by atoms with van der Waals surface area (Å²) in [5.41, 5.74) is 7.08. The number of methoxy groups -OCH3 is 1. The smallest absolute Gasteiger partial charge is 0.252 e. The molecule has 1 amide bonds. The van der Waals surface area contributed by atoms with Crippen LogP contribution in [0.25, 0.3) is 0 Å². The summed E-state index contributed by atoms with van der Waals surface area (Å²) in [6, 6.07) is 14.0. The molecule has 150 valence electrons. The Hall–Kier alpha value is -3.34. The quantitative estimate of drug-likeness (QED) is 0.613. The minimum atomic E-state index is -0.132. The Kier molecular flexibility index (Phi) is 6.50. The molecule has 0 unspecified atom stereocenters. The number of carbonyl (C=O) groups excluding carboxylic acids is 1. The Morgan fingerprint density at radius 3 is 2.34 bits per heavy atom. The van der Waals surface area contributed by atoms with Gasteiger partial charge in [-0.15, -0.1) is 0 Å². The number of benzene rings is 2. The van der Waals surface area contributed by atoms with Crippen molar-refractivity contribution in [3.63, 3.8) is 0 Å². The molecule has 2 N–H and O–H groups in total. The van der Waals surface area contributed by atoms with Gasteiger partial charge in [0, 0.05) is 18.4 Å². The highest BCUT2D eigenvalue weighted by atomic mass is 16.5. The Balaban J connectivity index is 1.62. The van der Waals surface area contributed by atoms with Crippen LogP contribution in [0.3, 0.4) is 0 Å². The van der Waals surface area contributed by atoms with Gasteiger partial charge in [-0.25, -0.2) is 0 Å². The molecule has 0 aliphatic rings. The van der Waals surface area contributed by atoms with Crippen molar-refractivity contribution in [3.8, 4) is 5.75 Å². The number of amides is 1. The lowest BCUT2D eigenvalue weighted by Crippen LogP contribution is -2.25. The van der Waals surface area contributed by atoms with E-state index in [1.54, 1.807) is 19.5 Å². The summed E-state index contributed by atoms with van der Waals surface area (Å²) in [7, 11) is 1.65. The highest BCUT2D eigenvalue weighted by Crippen LogP contribution is 2.26. The van der Waals surface area contributed by atoms with Crippen LogP contribution in [0.5, 0.6) is 5.75 Å². The largest absolute Gasteiger partial charge is 0.497 e. The van der Waals surface area contributed by atoms with Crippen molar-refractivity contribution in [2.75, 3.05) is 19.0 Å². The van der Waals surface area contributed by atoms with E-state index in [1.165, 1.54) is 5.56 Å².